The van der Waals surface area contributed by atoms with Crippen molar-refractivity contribution < 1.29 is 14.2 Å². The van der Waals surface area contributed by atoms with Gasteiger partial charge < -0.3 is 25.3 Å². The third kappa shape index (κ3) is 3.25. The maximum absolute atomic E-state index is 5.71. The molecular weight excluding hydrogens is 272 g/mol. The molecule has 0 aliphatic heterocycles. The molecular formula is C14H18N4O3. The number of nitrogen functional groups attached to an aromatic ring is 1. The lowest BCUT2D eigenvalue weighted by Gasteiger charge is -2.14. The summed E-state index contributed by atoms with van der Waals surface area (Å²) >= 11 is 0. The van der Waals surface area contributed by atoms with E-state index in [1.165, 1.54) is 0 Å². The van der Waals surface area contributed by atoms with E-state index in [9.17, 15) is 0 Å². The summed E-state index contributed by atoms with van der Waals surface area (Å²) in [4.78, 5) is 8.39. The molecule has 0 bridgehead atoms. The second-order valence-corrected chi connectivity index (χ2v) is 4.30. The Hall–Kier alpha value is -2.70. The van der Waals surface area contributed by atoms with Crippen LogP contribution in [0.25, 0.3) is 0 Å². The van der Waals surface area contributed by atoms with Crippen LogP contribution < -0.4 is 25.3 Å². The van der Waals surface area contributed by atoms with Gasteiger partial charge >= 0.3 is 0 Å². The molecule has 0 atom stereocenters. The van der Waals surface area contributed by atoms with Crippen LogP contribution in [-0.4, -0.2) is 31.3 Å². The lowest BCUT2D eigenvalue weighted by Crippen LogP contribution is -2.03. The Morgan fingerprint density at radius 1 is 0.952 bits per heavy atom. The van der Waals surface area contributed by atoms with Crippen molar-refractivity contribution in [1.29, 1.82) is 0 Å². The Labute approximate surface area is 123 Å². The van der Waals surface area contributed by atoms with Gasteiger partial charge in [0.1, 0.15) is 5.82 Å². The first-order valence-corrected chi connectivity index (χ1v) is 6.25. The fourth-order valence-corrected chi connectivity index (χ4v) is 1.93. The van der Waals surface area contributed by atoms with Crippen molar-refractivity contribution in [3.8, 4) is 17.2 Å². The van der Waals surface area contributed by atoms with E-state index < -0.39 is 0 Å². The summed E-state index contributed by atoms with van der Waals surface area (Å²) in [6.07, 6.45) is 0. The molecule has 0 aliphatic rings. The first-order chi connectivity index (χ1) is 10.1. The maximum Gasteiger partial charge on any atom is 0.229 e. The average Bonchev–Trinajstić information content (AvgIpc) is 2.45. The van der Waals surface area contributed by atoms with Gasteiger partial charge in [0.05, 0.1) is 21.3 Å². The molecule has 0 fully saturated rings. The Bertz CT molecular complexity index is 601. The van der Waals surface area contributed by atoms with Gasteiger partial charge in [0, 0.05) is 29.6 Å². The van der Waals surface area contributed by atoms with Crippen LogP contribution in [0.5, 0.6) is 17.2 Å². The molecule has 1 aromatic heterocycles. The van der Waals surface area contributed by atoms with Crippen LogP contribution in [-0.2, 0) is 0 Å². The zero-order valence-corrected chi connectivity index (χ0v) is 12.4. The minimum absolute atomic E-state index is 0.400. The number of nitrogens with two attached hydrogens (primary N) is 1. The number of nitrogens with one attached hydrogen (secondary N) is 1. The molecule has 0 radical (unpaired) electrons. The van der Waals surface area contributed by atoms with E-state index in [1.54, 1.807) is 39.5 Å². The van der Waals surface area contributed by atoms with Crippen LogP contribution in [0, 0.1) is 6.92 Å². The van der Waals surface area contributed by atoms with Crippen molar-refractivity contribution in [3.63, 3.8) is 0 Å². The monoisotopic (exact) mass is 290 g/mol. The third-order valence-corrected chi connectivity index (χ3v) is 2.79. The molecule has 3 N–H and O–H groups in total. The van der Waals surface area contributed by atoms with E-state index in [0.717, 1.165) is 5.69 Å². The van der Waals surface area contributed by atoms with Crippen molar-refractivity contribution in [3.05, 3.63) is 23.9 Å². The molecule has 112 valence electrons. The first-order valence-electron chi connectivity index (χ1n) is 6.25. The van der Waals surface area contributed by atoms with Gasteiger partial charge in [0.15, 0.2) is 11.5 Å². The van der Waals surface area contributed by atoms with E-state index in [0.29, 0.717) is 34.7 Å². The molecule has 0 saturated carbocycles. The van der Waals surface area contributed by atoms with Gasteiger partial charge in [-0.25, -0.2) is 4.98 Å². The third-order valence-electron chi connectivity index (χ3n) is 2.79. The predicted octanol–water partition coefficient (Wildman–Crippen LogP) is 2.14. The lowest BCUT2D eigenvalue weighted by molar-refractivity contribution is 0.324. The van der Waals surface area contributed by atoms with Gasteiger partial charge in [-0.15, -0.1) is 0 Å². The fraction of sp³-hybridized carbons (Fsp3) is 0.286. The molecule has 0 unspecified atom stereocenters. The van der Waals surface area contributed by atoms with E-state index in [1.807, 2.05) is 6.92 Å². The summed E-state index contributed by atoms with van der Waals surface area (Å²) in [5.41, 5.74) is 7.19. The van der Waals surface area contributed by atoms with E-state index in [2.05, 4.69) is 15.3 Å². The van der Waals surface area contributed by atoms with E-state index in [4.69, 9.17) is 19.9 Å². The Morgan fingerprint density at radius 3 is 2.05 bits per heavy atom. The first kappa shape index (κ1) is 14.7. The predicted molar refractivity (Wildman–Crippen MR) is 80.6 cm³/mol. The zero-order valence-electron chi connectivity index (χ0n) is 12.4. The number of benzene rings is 1. The summed E-state index contributed by atoms with van der Waals surface area (Å²) in [5.74, 6) is 2.41. The second kappa shape index (κ2) is 6.17. The molecule has 0 aliphatic carbocycles. The smallest absolute Gasteiger partial charge is 0.229 e. The summed E-state index contributed by atoms with van der Waals surface area (Å²) in [6.45, 7) is 1.85. The molecule has 2 aromatic rings. The van der Waals surface area contributed by atoms with Gasteiger partial charge in [0.2, 0.25) is 11.7 Å². The van der Waals surface area contributed by atoms with Crippen LogP contribution >= 0.6 is 0 Å². The SMILES string of the molecule is COc1cc(Nc2nc(C)cc(N)n2)cc(OC)c1OC. The quantitative estimate of drug-likeness (QED) is 0.871. The number of hydrogen-bond acceptors (Lipinski definition) is 7. The minimum atomic E-state index is 0.400. The number of methoxy groups -OCH3 is 3. The van der Waals surface area contributed by atoms with Gasteiger partial charge in [-0.2, -0.15) is 4.98 Å². The highest BCUT2D eigenvalue weighted by Gasteiger charge is 2.13. The second-order valence-electron chi connectivity index (χ2n) is 4.30. The van der Waals surface area contributed by atoms with Crippen molar-refractivity contribution in [2.45, 2.75) is 6.92 Å². The molecule has 21 heavy (non-hydrogen) atoms. The van der Waals surface area contributed by atoms with Crippen molar-refractivity contribution in [2.24, 2.45) is 0 Å². The Morgan fingerprint density at radius 2 is 1.57 bits per heavy atom. The van der Waals surface area contributed by atoms with Gasteiger partial charge in [-0.3, -0.25) is 0 Å². The summed E-state index contributed by atoms with van der Waals surface area (Å²) in [7, 11) is 4.67. The number of nitrogens with zero attached hydrogens (tertiary/aromatic N) is 2. The van der Waals surface area contributed by atoms with Crippen LogP contribution in [0.1, 0.15) is 5.69 Å². The highest BCUT2D eigenvalue weighted by molar-refractivity contribution is 5.66. The highest BCUT2D eigenvalue weighted by atomic mass is 16.5. The number of rotatable bonds is 5. The Balaban J connectivity index is 2.40. The minimum Gasteiger partial charge on any atom is -0.493 e. The zero-order chi connectivity index (χ0) is 15.4. The maximum atomic E-state index is 5.71. The number of aromatic nitrogens is 2. The number of anilines is 3. The van der Waals surface area contributed by atoms with Crippen LogP contribution in [0.3, 0.4) is 0 Å². The van der Waals surface area contributed by atoms with Crippen molar-refractivity contribution in [2.75, 3.05) is 32.4 Å². The molecule has 1 heterocycles. The molecule has 0 spiro atoms. The molecule has 7 heteroatoms. The highest BCUT2D eigenvalue weighted by Crippen LogP contribution is 2.40. The molecule has 7 nitrogen and oxygen atoms in total. The lowest BCUT2D eigenvalue weighted by atomic mass is 10.2. The number of hydrogen-bond donors (Lipinski definition) is 2. The Kier molecular flexibility index (Phi) is 4.32. The average molecular weight is 290 g/mol. The molecule has 1 aromatic carbocycles. The van der Waals surface area contributed by atoms with Gasteiger partial charge in [-0.05, 0) is 6.92 Å². The standard InChI is InChI=1S/C14H18N4O3/c1-8-5-12(15)18-14(16-8)17-9-6-10(19-2)13(21-4)11(7-9)20-3/h5-7H,1-4H3,(H3,15,16,17,18). The number of aryl methyl sites for hydroxylation is 1. The van der Waals surface area contributed by atoms with Crippen molar-refractivity contribution >= 4 is 17.5 Å². The number of ether oxygens (including phenoxy) is 3. The van der Waals surface area contributed by atoms with Crippen LogP contribution in [0.2, 0.25) is 0 Å². The van der Waals surface area contributed by atoms with Crippen molar-refractivity contribution in [1.82, 2.24) is 9.97 Å². The largest absolute Gasteiger partial charge is 0.493 e. The summed E-state index contributed by atoms with van der Waals surface area (Å²) < 4.78 is 15.9. The van der Waals surface area contributed by atoms with Gasteiger partial charge in [-0.1, -0.05) is 0 Å². The summed E-state index contributed by atoms with van der Waals surface area (Å²) in [6, 6.07) is 5.23. The molecule has 0 amide bonds. The molecule has 2 rings (SSSR count). The molecule has 0 saturated heterocycles. The van der Waals surface area contributed by atoms with Crippen LogP contribution in [0.4, 0.5) is 17.5 Å². The van der Waals surface area contributed by atoms with E-state index in [-0.39, 0.29) is 0 Å². The van der Waals surface area contributed by atoms with Crippen LogP contribution in [0.15, 0.2) is 18.2 Å². The van der Waals surface area contributed by atoms with Gasteiger partial charge in [0.25, 0.3) is 0 Å². The van der Waals surface area contributed by atoms with E-state index >= 15 is 0 Å². The summed E-state index contributed by atoms with van der Waals surface area (Å²) in [5, 5.41) is 3.07. The fourth-order valence-electron chi connectivity index (χ4n) is 1.93. The normalized spacial score (nSPS) is 10.1. The topological polar surface area (TPSA) is 91.5 Å².